The molecule has 0 saturated carbocycles. The number of benzene rings is 5. The number of ether oxygens (including phenoxy) is 9. The molecule has 2 saturated heterocycles. The minimum Gasteiger partial charge on any atom is -0.394 e. The average Bonchev–Trinajstić information content (AvgIpc) is 3.31. The molecule has 11 heteroatoms. The molecule has 2 N–H and O–H groups in total. The van der Waals surface area contributed by atoms with E-state index in [0.717, 1.165) is 27.8 Å². The van der Waals surface area contributed by atoms with Crippen LogP contribution in [0.3, 0.4) is 0 Å². The Hall–Kier alpha value is -4.60. The molecule has 0 bridgehead atoms. The van der Waals surface area contributed by atoms with Crippen molar-refractivity contribution in [3.05, 3.63) is 192 Å². The Morgan fingerprint density at radius 1 is 0.459 bits per heavy atom. The van der Waals surface area contributed by atoms with Gasteiger partial charge >= 0.3 is 0 Å². The number of hydrogen-bond donors (Lipinski definition) is 2. The first-order chi connectivity index (χ1) is 30.1. The maximum absolute atomic E-state index is 11.9. The minimum absolute atomic E-state index is 0.111. The van der Waals surface area contributed by atoms with E-state index in [1.807, 2.05) is 152 Å². The zero-order chi connectivity index (χ0) is 42.1. The van der Waals surface area contributed by atoms with E-state index in [1.165, 1.54) is 0 Å². The van der Waals surface area contributed by atoms with Crippen molar-refractivity contribution >= 4 is 0 Å². The Bertz CT molecular complexity index is 1960. The highest BCUT2D eigenvalue weighted by atomic mass is 16.8. The maximum Gasteiger partial charge on any atom is 0.187 e. The largest absolute Gasteiger partial charge is 0.394 e. The Morgan fingerprint density at radius 3 is 1.30 bits per heavy atom. The number of hydrogen-bond acceptors (Lipinski definition) is 11. The second-order valence-electron chi connectivity index (χ2n) is 15.0. The van der Waals surface area contributed by atoms with Crippen LogP contribution in [0.1, 0.15) is 27.8 Å². The van der Waals surface area contributed by atoms with Crippen LogP contribution in [0.2, 0.25) is 0 Å². The highest BCUT2D eigenvalue weighted by molar-refractivity contribution is 5.17. The first-order valence-corrected chi connectivity index (χ1v) is 20.8. The van der Waals surface area contributed by atoms with Crippen LogP contribution in [0.25, 0.3) is 0 Å². The van der Waals surface area contributed by atoms with Crippen molar-refractivity contribution < 1.29 is 52.8 Å². The highest BCUT2D eigenvalue weighted by Gasteiger charge is 2.54. The van der Waals surface area contributed by atoms with Gasteiger partial charge in [0, 0.05) is 0 Å². The molecule has 11 nitrogen and oxygen atoms in total. The van der Waals surface area contributed by atoms with E-state index in [0.29, 0.717) is 6.61 Å². The van der Waals surface area contributed by atoms with Crippen molar-refractivity contribution in [2.24, 2.45) is 0 Å². The summed E-state index contributed by atoms with van der Waals surface area (Å²) in [5, 5.41) is 22.4. The van der Waals surface area contributed by atoms with Gasteiger partial charge in [-0.25, -0.2) is 0 Å². The third kappa shape index (κ3) is 12.7. The van der Waals surface area contributed by atoms with Gasteiger partial charge in [-0.2, -0.15) is 0 Å². The summed E-state index contributed by atoms with van der Waals surface area (Å²) in [6.45, 7) is 4.71. The topological polar surface area (TPSA) is 124 Å². The molecule has 10 atom stereocenters. The maximum atomic E-state index is 11.9. The molecule has 2 aliphatic rings. The molecule has 2 heterocycles. The van der Waals surface area contributed by atoms with E-state index in [-0.39, 0.29) is 39.6 Å². The number of aliphatic hydroxyl groups excluding tert-OH is 2. The van der Waals surface area contributed by atoms with Crippen molar-refractivity contribution in [3.8, 4) is 0 Å². The Morgan fingerprint density at radius 2 is 0.852 bits per heavy atom. The molecule has 61 heavy (non-hydrogen) atoms. The summed E-state index contributed by atoms with van der Waals surface area (Å²) in [5.41, 5.74) is 4.74. The zero-order valence-electron chi connectivity index (χ0n) is 34.2. The van der Waals surface area contributed by atoms with Crippen molar-refractivity contribution in [1.29, 1.82) is 0 Å². The number of rotatable bonds is 22. The Balaban J connectivity index is 1.26. The van der Waals surface area contributed by atoms with Crippen LogP contribution in [-0.4, -0.2) is 91.4 Å². The zero-order valence-corrected chi connectivity index (χ0v) is 34.2. The van der Waals surface area contributed by atoms with Crippen molar-refractivity contribution in [2.75, 3.05) is 19.8 Å². The van der Waals surface area contributed by atoms with Crippen LogP contribution in [0.5, 0.6) is 0 Å². The van der Waals surface area contributed by atoms with Crippen LogP contribution < -0.4 is 0 Å². The van der Waals surface area contributed by atoms with Crippen LogP contribution >= 0.6 is 0 Å². The van der Waals surface area contributed by atoms with Crippen molar-refractivity contribution in [1.82, 2.24) is 0 Å². The molecule has 0 aromatic heterocycles. The van der Waals surface area contributed by atoms with Gasteiger partial charge in [-0.3, -0.25) is 0 Å². The van der Waals surface area contributed by atoms with Crippen molar-refractivity contribution in [3.63, 3.8) is 0 Å². The molecule has 2 fully saturated rings. The van der Waals surface area contributed by atoms with Gasteiger partial charge in [0.2, 0.25) is 0 Å². The van der Waals surface area contributed by atoms with Crippen molar-refractivity contribution in [2.45, 2.75) is 94.4 Å². The van der Waals surface area contributed by atoms with Gasteiger partial charge in [0.05, 0.1) is 52.9 Å². The summed E-state index contributed by atoms with van der Waals surface area (Å²) >= 11 is 0. The summed E-state index contributed by atoms with van der Waals surface area (Å²) in [7, 11) is 0. The molecule has 0 spiro atoms. The fourth-order valence-electron chi connectivity index (χ4n) is 7.45. The summed E-state index contributed by atoms with van der Waals surface area (Å²) < 4.78 is 59.5. The first-order valence-electron chi connectivity index (χ1n) is 20.8. The lowest BCUT2D eigenvalue weighted by atomic mass is 9.96. The lowest BCUT2D eigenvalue weighted by Gasteiger charge is -2.49. The predicted molar refractivity (Wildman–Crippen MR) is 228 cm³/mol. The predicted octanol–water partition coefficient (Wildman–Crippen LogP) is 6.94. The molecule has 5 aromatic rings. The molecule has 0 radical (unpaired) electrons. The standard InChI is InChI=1S/C50H56O11/c1-2-28-54-49-47(57-33-39-24-14-6-15-25-39)45(43(52)41(29-51)59-49)61-50-48(58-34-40-26-16-7-17-27-40)46(56-32-38-22-12-5-13-23-38)44(55-31-37-20-10-4-11-21-37)42(60-50)35-53-30-36-18-8-3-9-19-36/h2-27,41-52H,1,28-35H2/t41-,42-,43-,44-,45+,46+,47-,48-,49+,50+/m1/s1. The van der Waals surface area contributed by atoms with Gasteiger partial charge in [0.25, 0.3) is 0 Å². The summed E-state index contributed by atoms with van der Waals surface area (Å²) in [6.07, 6.45) is -8.33. The molecule has 0 unspecified atom stereocenters. The second-order valence-corrected chi connectivity index (χ2v) is 15.0. The minimum atomic E-state index is -1.36. The van der Waals surface area contributed by atoms with Gasteiger partial charge in [0.15, 0.2) is 12.6 Å². The molecule has 7 rings (SSSR count). The Kier molecular flexibility index (Phi) is 17.2. The van der Waals surface area contributed by atoms with E-state index in [9.17, 15) is 10.2 Å². The van der Waals surface area contributed by atoms with Gasteiger partial charge < -0.3 is 52.8 Å². The molecular formula is C50H56O11. The normalized spacial score (nSPS) is 26.5. The van der Waals surface area contributed by atoms with E-state index in [1.54, 1.807) is 6.08 Å². The molecule has 2 aliphatic heterocycles. The van der Waals surface area contributed by atoms with Gasteiger partial charge in [-0.15, -0.1) is 6.58 Å². The second kappa shape index (κ2) is 23.6. The van der Waals surface area contributed by atoms with Gasteiger partial charge in [0.1, 0.15) is 48.8 Å². The van der Waals surface area contributed by atoms with Crippen LogP contribution in [0, 0.1) is 0 Å². The summed E-state index contributed by atoms with van der Waals surface area (Å²) in [4.78, 5) is 0. The SMILES string of the molecule is C=CCO[C@H]1O[C@H](CO)[C@@H](O)[C@H](O[C@@H]2O[C@H](COCc3ccccc3)[C@@H](OCc3ccccc3)[C@H](OCc3ccccc3)[C@H]2OCc2ccccc2)[C@H]1OCc1ccccc1. The van der Waals surface area contributed by atoms with Gasteiger partial charge in [-0.05, 0) is 27.8 Å². The average molecular weight is 833 g/mol. The quantitative estimate of drug-likeness (QED) is 0.0706. The fourth-order valence-corrected chi connectivity index (χ4v) is 7.45. The third-order valence-electron chi connectivity index (χ3n) is 10.6. The van der Waals surface area contributed by atoms with Crippen LogP contribution in [0.15, 0.2) is 164 Å². The molecule has 5 aromatic carbocycles. The lowest BCUT2D eigenvalue weighted by molar-refractivity contribution is -0.374. The van der Waals surface area contributed by atoms with E-state index in [4.69, 9.17) is 42.6 Å². The third-order valence-corrected chi connectivity index (χ3v) is 10.6. The van der Waals surface area contributed by atoms with E-state index >= 15 is 0 Å². The smallest absolute Gasteiger partial charge is 0.187 e. The molecular weight excluding hydrogens is 777 g/mol. The van der Waals surface area contributed by atoms with E-state index < -0.39 is 68.0 Å². The van der Waals surface area contributed by atoms with Crippen LogP contribution in [0.4, 0.5) is 0 Å². The molecule has 0 aliphatic carbocycles. The highest BCUT2D eigenvalue weighted by Crippen LogP contribution is 2.36. The molecule has 322 valence electrons. The molecule has 0 amide bonds. The van der Waals surface area contributed by atoms with Gasteiger partial charge in [-0.1, -0.05) is 158 Å². The lowest BCUT2D eigenvalue weighted by Crippen LogP contribution is -2.66. The summed E-state index contributed by atoms with van der Waals surface area (Å²) in [5.74, 6) is 0. The Labute approximate surface area is 358 Å². The monoisotopic (exact) mass is 832 g/mol. The number of aliphatic hydroxyl groups is 2. The fraction of sp³-hybridized carbons (Fsp3) is 0.360. The van der Waals surface area contributed by atoms with Crippen LogP contribution in [-0.2, 0) is 75.7 Å². The summed E-state index contributed by atoms with van der Waals surface area (Å²) in [6, 6.07) is 49.1. The first kappa shape index (κ1) is 44.5. The van der Waals surface area contributed by atoms with E-state index in [2.05, 4.69) is 6.58 Å².